The zero-order valence-electron chi connectivity index (χ0n) is 11.8. The summed E-state index contributed by atoms with van der Waals surface area (Å²) < 4.78 is 0. The van der Waals surface area contributed by atoms with E-state index < -0.39 is 0 Å². The number of rotatable bonds is 5. The number of nitrogens with zero attached hydrogens (tertiary/aromatic N) is 1. The molecule has 0 radical (unpaired) electrons. The zero-order chi connectivity index (χ0) is 12.1. The van der Waals surface area contributed by atoms with Crippen LogP contribution in [0.25, 0.3) is 0 Å². The fourth-order valence-corrected chi connectivity index (χ4v) is 2.65. The van der Waals surface area contributed by atoms with Crippen LogP contribution in [0.2, 0.25) is 0 Å². The number of hydrogen-bond acceptors (Lipinski definition) is 2. The van der Waals surface area contributed by atoms with Gasteiger partial charge in [0, 0.05) is 31.7 Å². The molecule has 1 heterocycles. The van der Waals surface area contributed by atoms with Crippen molar-refractivity contribution in [3.8, 4) is 0 Å². The van der Waals surface area contributed by atoms with E-state index in [9.17, 15) is 0 Å². The number of piperazine rings is 1. The van der Waals surface area contributed by atoms with Gasteiger partial charge in [-0.05, 0) is 31.6 Å². The van der Waals surface area contributed by atoms with E-state index in [0.29, 0.717) is 0 Å². The lowest BCUT2D eigenvalue weighted by molar-refractivity contribution is 0.0779. The third kappa shape index (κ3) is 4.06. The fraction of sp³-hybridized carbons (Fsp3) is 1.00. The van der Waals surface area contributed by atoms with E-state index in [1.807, 2.05) is 0 Å². The molecule has 0 aromatic heterocycles. The summed E-state index contributed by atoms with van der Waals surface area (Å²) in [5.41, 5.74) is 0. The van der Waals surface area contributed by atoms with Crippen molar-refractivity contribution in [3.63, 3.8) is 0 Å². The summed E-state index contributed by atoms with van der Waals surface area (Å²) in [5.74, 6) is 1.59. The highest BCUT2D eigenvalue weighted by Crippen LogP contribution is 2.19. The Bertz CT molecular complexity index is 189. The molecule has 2 nitrogen and oxygen atoms in total. The zero-order valence-corrected chi connectivity index (χ0v) is 11.8. The maximum atomic E-state index is 3.52. The third-order valence-corrected chi connectivity index (χ3v) is 3.82. The standard InChI is InChI=1S/C14H30N2/c1-11(2)6-7-13(5)16-9-8-15-10-14(16)12(3)4/h11-15H,6-10H2,1-5H3. The van der Waals surface area contributed by atoms with Crippen LogP contribution >= 0.6 is 0 Å². The molecule has 0 aliphatic carbocycles. The van der Waals surface area contributed by atoms with E-state index in [-0.39, 0.29) is 0 Å². The lowest BCUT2D eigenvalue weighted by atomic mass is 9.96. The molecule has 0 aromatic rings. The van der Waals surface area contributed by atoms with Crippen LogP contribution in [0.5, 0.6) is 0 Å². The van der Waals surface area contributed by atoms with Gasteiger partial charge in [0.1, 0.15) is 0 Å². The predicted octanol–water partition coefficient (Wildman–Crippen LogP) is 2.74. The second-order valence-electron chi connectivity index (χ2n) is 6.07. The molecule has 1 N–H and O–H groups in total. The average molecular weight is 226 g/mol. The minimum absolute atomic E-state index is 0.732. The first-order chi connectivity index (χ1) is 7.52. The van der Waals surface area contributed by atoms with Crippen LogP contribution in [-0.4, -0.2) is 36.6 Å². The van der Waals surface area contributed by atoms with Crippen molar-refractivity contribution in [2.45, 2.75) is 59.5 Å². The van der Waals surface area contributed by atoms with Crippen molar-refractivity contribution in [2.24, 2.45) is 11.8 Å². The molecule has 16 heavy (non-hydrogen) atoms. The molecule has 1 fully saturated rings. The molecule has 2 unspecified atom stereocenters. The molecular formula is C14H30N2. The van der Waals surface area contributed by atoms with Crippen LogP contribution in [0.4, 0.5) is 0 Å². The Balaban J connectivity index is 2.47. The first-order valence-electron chi connectivity index (χ1n) is 6.98. The van der Waals surface area contributed by atoms with Gasteiger partial charge >= 0.3 is 0 Å². The summed E-state index contributed by atoms with van der Waals surface area (Å²) in [6.45, 7) is 15.3. The van der Waals surface area contributed by atoms with Gasteiger partial charge in [0.05, 0.1) is 0 Å². The molecule has 1 aliphatic heterocycles. The molecule has 0 aromatic carbocycles. The van der Waals surface area contributed by atoms with Gasteiger partial charge in [0.2, 0.25) is 0 Å². The molecule has 1 saturated heterocycles. The highest BCUT2D eigenvalue weighted by atomic mass is 15.2. The van der Waals surface area contributed by atoms with E-state index >= 15 is 0 Å². The van der Waals surface area contributed by atoms with E-state index in [1.165, 1.54) is 25.9 Å². The van der Waals surface area contributed by atoms with Crippen LogP contribution < -0.4 is 5.32 Å². The van der Waals surface area contributed by atoms with E-state index in [1.54, 1.807) is 0 Å². The summed E-state index contributed by atoms with van der Waals surface area (Å²) in [5, 5.41) is 3.52. The SMILES string of the molecule is CC(C)CCC(C)N1CCNCC1C(C)C. The number of hydrogen-bond donors (Lipinski definition) is 1. The Kier molecular flexibility index (Phi) is 5.77. The molecule has 2 heteroatoms. The normalized spacial score (nSPS) is 25.3. The Morgan fingerprint density at radius 3 is 2.38 bits per heavy atom. The number of nitrogens with one attached hydrogen (secondary N) is 1. The molecule has 1 rings (SSSR count). The molecule has 0 spiro atoms. The summed E-state index contributed by atoms with van der Waals surface area (Å²) in [7, 11) is 0. The minimum Gasteiger partial charge on any atom is -0.314 e. The molecule has 0 bridgehead atoms. The first-order valence-corrected chi connectivity index (χ1v) is 6.98. The van der Waals surface area contributed by atoms with Gasteiger partial charge in [0.25, 0.3) is 0 Å². The Morgan fingerprint density at radius 1 is 1.12 bits per heavy atom. The Hall–Kier alpha value is -0.0800. The fourth-order valence-electron chi connectivity index (χ4n) is 2.65. The van der Waals surface area contributed by atoms with Gasteiger partial charge in [-0.15, -0.1) is 0 Å². The van der Waals surface area contributed by atoms with Gasteiger partial charge in [-0.3, -0.25) is 4.90 Å². The Morgan fingerprint density at radius 2 is 1.81 bits per heavy atom. The van der Waals surface area contributed by atoms with Crippen molar-refractivity contribution in [1.29, 1.82) is 0 Å². The summed E-state index contributed by atoms with van der Waals surface area (Å²) >= 11 is 0. The molecule has 0 saturated carbocycles. The van der Waals surface area contributed by atoms with Crippen LogP contribution in [0.15, 0.2) is 0 Å². The van der Waals surface area contributed by atoms with Crippen LogP contribution in [0.1, 0.15) is 47.5 Å². The highest BCUT2D eigenvalue weighted by molar-refractivity contribution is 4.85. The summed E-state index contributed by atoms with van der Waals surface area (Å²) in [6, 6.07) is 1.48. The predicted molar refractivity (Wildman–Crippen MR) is 71.7 cm³/mol. The molecule has 0 amide bonds. The first kappa shape index (κ1) is 14.0. The van der Waals surface area contributed by atoms with E-state index in [2.05, 4.69) is 44.8 Å². The van der Waals surface area contributed by atoms with Gasteiger partial charge in [-0.25, -0.2) is 0 Å². The molecule has 1 aliphatic rings. The second-order valence-corrected chi connectivity index (χ2v) is 6.07. The van der Waals surface area contributed by atoms with Crippen molar-refractivity contribution in [2.75, 3.05) is 19.6 Å². The van der Waals surface area contributed by atoms with Gasteiger partial charge in [-0.1, -0.05) is 27.7 Å². The van der Waals surface area contributed by atoms with E-state index in [0.717, 1.165) is 30.5 Å². The highest BCUT2D eigenvalue weighted by Gasteiger charge is 2.28. The van der Waals surface area contributed by atoms with Crippen LogP contribution in [0, 0.1) is 11.8 Å². The molecular weight excluding hydrogens is 196 g/mol. The van der Waals surface area contributed by atoms with Crippen molar-refractivity contribution < 1.29 is 0 Å². The lowest BCUT2D eigenvalue weighted by Crippen LogP contribution is -2.56. The smallest absolute Gasteiger partial charge is 0.0246 e. The van der Waals surface area contributed by atoms with Gasteiger partial charge in [0.15, 0.2) is 0 Å². The van der Waals surface area contributed by atoms with Crippen LogP contribution in [0.3, 0.4) is 0 Å². The molecule has 2 atom stereocenters. The Labute approximate surface area is 102 Å². The maximum Gasteiger partial charge on any atom is 0.0246 e. The van der Waals surface area contributed by atoms with Crippen LogP contribution in [-0.2, 0) is 0 Å². The summed E-state index contributed by atoms with van der Waals surface area (Å²) in [6.07, 6.45) is 2.71. The lowest BCUT2D eigenvalue weighted by Gasteiger charge is -2.42. The average Bonchev–Trinajstić information content (AvgIpc) is 2.25. The third-order valence-electron chi connectivity index (χ3n) is 3.82. The van der Waals surface area contributed by atoms with Crippen molar-refractivity contribution in [3.05, 3.63) is 0 Å². The van der Waals surface area contributed by atoms with Crippen molar-refractivity contribution >= 4 is 0 Å². The van der Waals surface area contributed by atoms with E-state index in [4.69, 9.17) is 0 Å². The largest absolute Gasteiger partial charge is 0.314 e. The van der Waals surface area contributed by atoms with Crippen molar-refractivity contribution in [1.82, 2.24) is 10.2 Å². The van der Waals surface area contributed by atoms with Gasteiger partial charge in [-0.2, -0.15) is 0 Å². The second kappa shape index (κ2) is 6.61. The summed E-state index contributed by atoms with van der Waals surface area (Å²) in [4.78, 5) is 2.73. The van der Waals surface area contributed by atoms with Gasteiger partial charge < -0.3 is 5.32 Å². The monoisotopic (exact) mass is 226 g/mol. The quantitative estimate of drug-likeness (QED) is 0.775. The maximum absolute atomic E-state index is 3.52. The minimum atomic E-state index is 0.732. The molecule has 96 valence electrons. The topological polar surface area (TPSA) is 15.3 Å².